The Hall–Kier alpha value is -2.72. The molecule has 1 amide bonds. The fourth-order valence-electron chi connectivity index (χ4n) is 2.17. The van der Waals surface area contributed by atoms with Gasteiger partial charge >= 0.3 is 6.18 Å². The number of halogens is 5. The Balaban J connectivity index is 1.78. The maximum Gasteiger partial charge on any atom is 0.416 e. The summed E-state index contributed by atoms with van der Waals surface area (Å²) in [5, 5.41) is 14.4. The molecule has 0 spiro atoms. The van der Waals surface area contributed by atoms with Gasteiger partial charge in [-0.3, -0.25) is 4.79 Å². The molecule has 0 bridgehead atoms. The zero-order valence-corrected chi connectivity index (χ0v) is 15.6. The van der Waals surface area contributed by atoms with Gasteiger partial charge in [0.2, 0.25) is 5.82 Å². The second kappa shape index (κ2) is 7.72. The Bertz CT molecular complexity index is 1020. The number of aromatic nitrogens is 5. The van der Waals surface area contributed by atoms with Crippen LogP contribution in [0.5, 0.6) is 0 Å². The van der Waals surface area contributed by atoms with E-state index in [9.17, 15) is 18.0 Å². The molecular weight excluding hydrogens is 420 g/mol. The predicted molar refractivity (Wildman–Crippen MR) is 95.9 cm³/mol. The number of pyridine rings is 1. The van der Waals surface area contributed by atoms with Crippen LogP contribution in [-0.2, 0) is 11.0 Å². The lowest BCUT2D eigenvalue weighted by Crippen LogP contribution is -2.26. The van der Waals surface area contributed by atoms with Crippen LogP contribution in [0.2, 0.25) is 10.0 Å². The Labute approximate surface area is 166 Å². The number of anilines is 1. The summed E-state index contributed by atoms with van der Waals surface area (Å²) in [6.07, 6.45) is -3.18. The number of nitrogens with zero attached hydrogens (tertiary/aromatic N) is 5. The monoisotopic (exact) mass is 430 g/mol. The number of benzene rings is 1. The van der Waals surface area contributed by atoms with E-state index in [0.29, 0.717) is 5.02 Å². The summed E-state index contributed by atoms with van der Waals surface area (Å²) in [6, 6.07) is 4.98. The van der Waals surface area contributed by atoms with Crippen LogP contribution in [0.4, 0.5) is 19.0 Å². The third-order valence-electron chi connectivity index (χ3n) is 3.65. The summed E-state index contributed by atoms with van der Waals surface area (Å²) in [6.45, 7) is 1.48. The van der Waals surface area contributed by atoms with Gasteiger partial charge in [-0.2, -0.15) is 18.0 Å². The molecule has 0 aliphatic rings. The Morgan fingerprint density at radius 1 is 1.25 bits per heavy atom. The van der Waals surface area contributed by atoms with E-state index >= 15 is 0 Å². The average Bonchev–Trinajstić information content (AvgIpc) is 3.13. The summed E-state index contributed by atoms with van der Waals surface area (Å²) in [4.78, 5) is 17.3. The summed E-state index contributed by atoms with van der Waals surface area (Å²) >= 11 is 11.7. The molecule has 146 valence electrons. The van der Waals surface area contributed by atoms with Crippen LogP contribution in [0.15, 0.2) is 36.5 Å². The SMILES string of the molecule is CC(C(=O)Nc1ncc(Cl)cc1Cl)n1nnc(-c2cccc(C(F)(F)F)c2)n1. The topological polar surface area (TPSA) is 85.6 Å². The van der Waals surface area contributed by atoms with Crippen LogP contribution in [0.3, 0.4) is 0 Å². The average molecular weight is 431 g/mol. The lowest BCUT2D eigenvalue weighted by atomic mass is 10.1. The second-order valence-corrected chi connectivity index (χ2v) is 6.50. The molecule has 1 atom stereocenters. The number of hydrogen-bond donors (Lipinski definition) is 1. The van der Waals surface area contributed by atoms with E-state index in [2.05, 4.69) is 25.7 Å². The van der Waals surface area contributed by atoms with Crippen molar-refractivity contribution in [2.75, 3.05) is 5.32 Å². The molecule has 7 nitrogen and oxygen atoms in total. The van der Waals surface area contributed by atoms with E-state index in [4.69, 9.17) is 23.2 Å². The number of amides is 1. The van der Waals surface area contributed by atoms with Crippen molar-refractivity contribution < 1.29 is 18.0 Å². The first-order valence-electron chi connectivity index (χ1n) is 7.74. The van der Waals surface area contributed by atoms with Gasteiger partial charge in [0.05, 0.1) is 15.6 Å². The number of hydrogen-bond acceptors (Lipinski definition) is 5. The highest BCUT2D eigenvalue weighted by Crippen LogP contribution is 2.31. The van der Waals surface area contributed by atoms with E-state index in [1.165, 1.54) is 31.3 Å². The standard InChI is InChI=1S/C16H11Cl2F3N6O/c1-8(15(28)23-14-12(18)6-11(17)7-22-14)27-25-13(24-26-27)9-3-2-4-10(5-9)16(19,20)21/h2-8H,1H3,(H,22,23,28). The van der Waals surface area contributed by atoms with Crippen molar-refractivity contribution in [3.05, 3.63) is 52.1 Å². The van der Waals surface area contributed by atoms with Gasteiger partial charge in [0.25, 0.3) is 5.91 Å². The van der Waals surface area contributed by atoms with Crippen LogP contribution in [0, 0.1) is 0 Å². The predicted octanol–water partition coefficient (Wildman–Crippen LogP) is 4.26. The van der Waals surface area contributed by atoms with Crippen LogP contribution >= 0.6 is 23.2 Å². The van der Waals surface area contributed by atoms with Crippen molar-refractivity contribution in [2.24, 2.45) is 0 Å². The summed E-state index contributed by atoms with van der Waals surface area (Å²) in [5.74, 6) is -0.501. The normalized spacial score (nSPS) is 12.6. The number of nitrogens with one attached hydrogen (secondary N) is 1. The third kappa shape index (κ3) is 4.39. The van der Waals surface area contributed by atoms with Crippen molar-refractivity contribution >= 4 is 34.9 Å². The van der Waals surface area contributed by atoms with E-state index < -0.39 is 23.7 Å². The van der Waals surface area contributed by atoms with Crippen LogP contribution in [-0.4, -0.2) is 31.1 Å². The lowest BCUT2D eigenvalue weighted by molar-refractivity contribution is -0.137. The largest absolute Gasteiger partial charge is 0.416 e. The molecule has 1 aromatic carbocycles. The van der Waals surface area contributed by atoms with E-state index in [1.54, 1.807) is 0 Å². The first kappa shape index (κ1) is 20.0. The molecule has 0 aliphatic heterocycles. The lowest BCUT2D eigenvalue weighted by Gasteiger charge is -2.11. The molecule has 2 heterocycles. The number of alkyl halides is 3. The minimum Gasteiger partial charge on any atom is -0.308 e. The number of rotatable bonds is 4. The minimum atomic E-state index is -4.50. The highest BCUT2D eigenvalue weighted by molar-refractivity contribution is 6.36. The van der Waals surface area contributed by atoms with Gasteiger partial charge in [-0.15, -0.1) is 10.2 Å². The van der Waals surface area contributed by atoms with Gasteiger partial charge in [-0.05, 0) is 30.3 Å². The quantitative estimate of drug-likeness (QED) is 0.668. The fraction of sp³-hybridized carbons (Fsp3) is 0.188. The zero-order valence-electron chi connectivity index (χ0n) is 14.1. The molecule has 28 heavy (non-hydrogen) atoms. The fourth-order valence-corrected chi connectivity index (χ4v) is 2.60. The highest BCUT2D eigenvalue weighted by Gasteiger charge is 2.31. The van der Waals surface area contributed by atoms with Crippen LogP contribution < -0.4 is 5.32 Å². The Morgan fingerprint density at radius 2 is 2.00 bits per heavy atom. The molecule has 0 fully saturated rings. The molecule has 3 rings (SSSR count). The minimum absolute atomic E-state index is 0.0478. The highest BCUT2D eigenvalue weighted by atomic mass is 35.5. The molecule has 3 aromatic rings. The van der Waals surface area contributed by atoms with Crippen LogP contribution in [0.1, 0.15) is 18.5 Å². The van der Waals surface area contributed by atoms with Crippen molar-refractivity contribution in [2.45, 2.75) is 19.1 Å². The molecule has 0 saturated carbocycles. The molecule has 0 saturated heterocycles. The van der Waals surface area contributed by atoms with Gasteiger partial charge in [-0.25, -0.2) is 4.98 Å². The number of carbonyl (C=O) groups is 1. The molecule has 1 N–H and O–H groups in total. The number of tetrazole rings is 1. The second-order valence-electron chi connectivity index (χ2n) is 5.66. The van der Waals surface area contributed by atoms with Crippen molar-refractivity contribution in [3.63, 3.8) is 0 Å². The molecule has 1 unspecified atom stereocenters. The number of carbonyl (C=O) groups excluding carboxylic acids is 1. The van der Waals surface area contributed by atoms with Gasteiger partial charge in [0, 0.05) is 11.8 Å². The maximum absolute atomic E-state index is 12.8. The molecule has 12 heteroatoms. The van der Waals surface area contributed by atoms with E-state index in [-0.39, 0.29) is 22.2 Å². The van der Waals surface area contributed by atoms with Crippen molar-refractivity contribution in [1.82, 2.24) is 25.2 Å². The van der Waals surface area contributed by atoms with Crippen molar-refractivity contribution in [1.29, 1.82) is 0 Å². The smallest absolute Gasteiger partial charge is 0.308 e. The molecular formula is C16H11Cl2F3N6O. The summed E-state index contributed by atoms with van der Waals surface area (Å²) in [7, 11) is 0. The van der Waals surface area contributed by atoms with Crippen LogP contribution in [0.25, 0.3) is 11.4 Å². The first-order chi connectivity index (χ1) is 13.1. The van der Waals surface area contributed by atoms with Gasteiger partial charge in [0.15, 0.2) is 5.82 Å². The van der Waals surface area contributed by atoms with E-state index in [1.807, 2.05) is 0 Å². The Morgan fingerprint density at radius 3 is 2.68 bits per heavy atom. The molecule has 2 aromatic heterocycles. The third-order valence-corrected chi connectivity index (χ3v) is 4.15. The van der Waals surface area contributed by atoms with Crippen molar-refractivity contribution in [3.8, 4) is 11.4 Å². The zero-order chi connectivity index (χ0) is 20.5. The molecule has 0 aliphatic carbocycles. The van der Waals surface area contributed by atoms with Gasteiger partial charge < -0.3 is 5.32 Å². The first-order valence-corrected chi connectivity index (χ1v) is 8.50. The van der Waals surface area contributed by atoms with E-state index in [0.717, 1.165) is 16.9 Å². The van der Waals surface area contributed by atoms with Gasteiger partial charge in [-0.1, -0.05) is 35.3 Å². The van der Waals surface area contributed by atoms with Gasteiger partial charge in [0.1, 0.15) is 6.04 Å². The Kier molecular flexibility index (Phi) is 5.52. The summed E-state index contributed by atoms with van der Waals surface area (Å²) in [5.41, 5.74) is -0.716. The maximum atomic E-state index is 12.8. The molecule has 0 radical (unpaired) electrons. The summed E-state index contributed by atoms with van der Waals surface area (Å²) < 4.78 is 38.5.